The molecule has 0 aliphatic carbocycles. The smallest absolute Gasteiger partial charge is 0.338 e. The molecule has 5 heteroatoms. The number of carboxylic acids is 1. The molecule has 5 nitrogen and oxygen atoms in total. The standard InChI is InChI=1S/C15H21N3O2/c1-3-5-8-11(7-4-2)18-13-10-6-9-12(15(19)20)14(13)16-17-18/h6,9-11H,3-5,7-8H2,1-2H3,(H,19,20). The first-order chi connectivity index (χ1) is 9.69. The van der Waals surface area contributed by atoms with Gasteiger partial charge in [0.2, 0.25) is 0 Å². The minimum absolute atomic E-state index is 0.222. The van der Waals surface area contributed by atoms with Gasteiger partial charge in [0.25, 0.3) is 0 Å². The highest BCUT2D eigenvalue weighted by molar-refractivity contribution is 6.00. The van der Waals surface area contributed by atoms with Crippen molar-refractivity contribution in [1.29, 1.82) is 0 Å². The van der Waals surface area contributed by atoms with Crippen LogP contribution in [-0.2, 0) is 0 Å². The zero-order valence-corrected chi connectivity index (χ0v) is 12.0. The molecule has 0 saturated heterocycles. The molecule has 1 heterocycles. The number of aromatic nitrogens is 3. The van der Waals surface area contributed by atoms with Crippen molar-refractivity contribution in [3.05, 3.63) is 23.8 Å². The first kappa shape index (κ1) is 14.5. The zero-order valence-electron chi connectivity index (χ0n) is 12.0. The summed E-state index contributed by atoms with van der Waals surface area (Å²) in [6, 6.07) is 5.53. The molecule has 20 heavy (non-hydrogen) atoms. The van der Waals surface area contributed by atoms with Crippen LogP contribution in [-0.4, -0.2) is 26.1 Å². The van der Waals surface area contributed by atoms with Gasteiger partial charge in [0.05, 0.1) is 17.1 Å². The normalized spacial score (nSPS) is 12.7. The SMILES string of the molecule is CCCCC(CCC)n1nnc2c(C(=O)O)cccc21. The van der Waals surface area contributed by atoms with Crippen LogP contribution in [0.2, 0.25) is 0 Å². The summed E-state index contributed by atoms with van der Waals surface area (Å²) in [7, 11) is 0. The Balaban J connectivity index is 2.42. The number of unbranched alkanes of at least 4 members (excludes halogenated alkanes) is 1. The Bertz CT molecular complexity index is 592. The molecule has 1 unspecified atom stereocenters. The number of aromatic carboxylic acids is 1. The fourth-order valence-corrected chi connectivity index (χ4v) is 2.57. The van der Waals surface area contributed by atoms with Gasteiger partial charge in [-0.2, -0.15) is 0 Å². The van der Waals surface area contributed by atoms with E-state index in [0.717, 1.165) is 37.6 Å². The van der Waals surface area contributed by atoms with Crippen LogP contribution in [0.5, 0.6) is 0 Å². The predicted octanol–water partition coefficient (Wildman–Crippen LogP) is 3.66. The third-order valence-electron chi connectivity index (χ3n) is 3.59. The van der Waals surface area contributed by atoms with E-state index in [1.807, 2.05) is 10.7 Å². The van der Waals surface area contributed by atoms with Gasteiger partial charge in [-0.1, -0.05) is 44.4 Å². The van der Waals surface area contributed by atoms with Crippen molar-refractivity contribution in [2.24, 2.45) is 0 Å². The summed E-state index contributed by atoms with van der Waals surface area (Å²) in [6.45, 7) is 4.33. The van der Waals surface area contributed by atoms with E-state index in [9.17, 15) is 9.90 Å². The molecule has 0 radical (unpaired) electrons. The molecule has 0 aliphatic heterocycles. The van der Waals surface area contributed by atoms with E-state index >= 15 is 0 Å². The Labute approximate surface area is 118 Å². The molecule has 1 aromatic heterocycles. The average molecular weight is 275 g/mol. The van der Waals surface area contributed by atoms with Gasteiger partial charge in [0.15, 0.2) is 0 Å². The number of carboxylic acid groups (broad SMARTS) is 1. The molecule has 1 N–H and O–H groups in total. The Kier molecular flexibility index (Phi) is 4.71. The van der Waals surface area contributed by atoms with Crippen molar-refractivity contribution in [1.82, 2.24) is 15.0 Å². The maximum absolute atomic E-state index is 11.2. The Morgan fingerprint density at radius 3 is 2.75 bits per heavy atom. The number of nitrogens with zero attached hydrogens (tertiary/aromatic N) is 3. The second kappa shape index (κ2) is 6.50. The van der Waals surface area contributed by atoms with Gasteiger partial charge in [-0.3, -0.25) is 0 Å². The summed E-state index contributed by atoms with van der Waals surface area (Å²) in [5, 5.41) is 17.5. The third kappa shape index (κ3) is 2.81. The second-order valence-electron chi connectivity index (χ2n) is 5.10. The maximum atomic E-state index is 11.2. The van der Waals surface area contributed by atoms with Gasteiger partial charge < -0.3 is 5.11 Å². The molecule has 1 aromatic carbocycles. The van der Waals surface area contributed by atoms with Crippen molar-refractivity contribution < 1.29 is 9.90 Å². The fourth-order valence-electron chi connectivity index (χ4n) is 2.57. The van der Waals surface area contributed by atoms with Crippen LogP contribution >= 0.6 is 0 Å². The van der Waals surface area contributed by atoms with Gasteiger partial charge in [-0.15, -0.1) is 5.10 Å². The summed E-state index contributed by atoms with van der Waals surface area (Å²) in [4.78, 5) is 11.2. The minimum Gasteiger partial charge on any atom is -0.478 e. The lowest BCUT2D eigenvalue weighted by Gasteiger charge is -2.16. The zero-order chi connectivity index (χ0) is 14.5. The molecule has 0 aliphatic rings. The van der Waals surface area contributed by atoms with Gasteiger partial charge in [-0.05, 0) is 25.0 Å². The van der Waals surface area contributed by atoms with E-state index in [0.29, 0.717) is 11.6 Å². The van der Waals surface area contributed by atoms with Crippen LogP contribution in [0, 0.1) is 0 Å². The number of hydrogen-bond acceptors (Lipinski definition) is 3. The fraction of sp³-hybridized carbons (Fsp3) is 0.533. The van der Waals surface area contributed by atoms with Crippen LogP contribution in [0.1, 0.15) is 62.4 Å². The largest absolute Gasteiger partial charge is 0.478 e. The molecular weight excluding hydrogens is 254 g/mol. The van der Waals surface area contributed by atoms with Gasteiger partial charge in [0.1, 0.15) is 5.52 Å². The quantitative estimate of drug-likeness (QED) is 0.837. The number of rotatable bonds is 7. The summed E-state index contributed by atoms with van der Waals surface area (Å²) >= 11 is 0. The monoisotopic (exact) mass is 275 g/mol. The summed E-state index contributed by atoms with van der Waals surface area (Å²) in [6.07, 6.45) is 5.46. The number of benzene rings is 1. The predicted molar refractivity (Wildman–Crippen MR) is 78.0 cm³/mol. The molecule has 2 aromatic rings. The van der Waals surface area contributed by atoms with Crippen LogP contribution in [0.15, 0.2) is 18.2 Å². The Morgan fingerprint density at radius 2 is 2.10 bits per heavy atom. The Morgan fingerprint density at radius 1 is 1.30 bits per heavy atom. The van der Waals surface area contributed by atoms with E-state index in [1.54, 1.807) is 12.1 Å². The van der Waals surface area contributed by atoms with Crippen LogP contribution in [0.3, 0.4) is 0 Å². The van der Waals surface area contributed by atoms with Gasteiger partial charge in [-0.25, -0.2) is 9.48 Å². The molecule has 0 saturated carbocycles. The average Bonchev–Trinajstić information content (AvgIpc) is 2.87. The lowest BCUT2D eigenvalue weighted by atomic mass is 10.0. The molecule has 0 bridgehead atoms. The lowest BCUT2D eigenvalue weighted by molar-refractivity contribution is 0.0699. The van der Waals surface area contributed by atoms with Gasteiger partial charge >= 0.3 is 5.97 Å². The lowest BCUT2D eigenvalue weighted by Crippen LogP contribution is -2.11. The van der Waals surface area contributed by atoms with E-state index in [-0.39, 0.29) is 5.56 Å². The molecule has 0 fully saturated rings. The number of fused-ring (bicyclic) bond motifs is 1. The molecule has 108 valence electrons. The molecule has 0 amide bonds. The Hall–Kier alpha value is -1.91. The number of hydrogen-bond donors (Lipinski definition) is 1. The van der Waals surface area contributed by atoms with E-state index in [4.69, 9.17) is 0 Å². The highest BCUT2D eigenvalue weighted by atomic mass is 16.4. The van der Waals surface area contributed by atoms with Crippen molar-refractivity contribution in [3.63, 3.8) is 0 Å². The third-order valence-corrected chi connectivity index (χ3v) is 3.59. The van der Waals surface area contributed by atoms with Crippen molar-refractivity contribution in [3.8, 4) is 0 Å². The summed E-state index contributed by atoms with van der Waals surface area (Å²) in [5.41, 5.74) is 1.52. The van der Waals surface area contributed by atoms with E-state index in [1.165, 1.54) is 0 Å². The summed E-state index contributed by atoms with van der Waals surface area (Å²) in [5.74, 6) is -0.955. The van der Waals surface area contributed by atoms with Crippen molar-refractivity contribution in [2.45, 2.75) is 52.0 Å². The van der Waals surface area contributed by atoms with Crippen molar-refractivity contribution >= 4 is 17.0 Å². The van der Waals surface area contributed by atoms with Gasteiger partial charge in [0, 0.05) is 0 Å². The van der Waals surface area contributed by atoms with Crippen LogP contribution in [0.4, 0.5) is 0 Å². The van der Waals surface area contributed by atoms with E-state index < -0.39 is 5.97 Å². The minimum atomic E-state index is -0.955. The highest BCUT2D eigenvalue weighted by Crippen LogP contribution is 2.25. The summed E-state index contributed by atoms with van der Waals surface area (Å²) < 4.78 is 1.90. The molecule has 2 rings (SSSR count). The van der Waals surface area contributed by atoms with E-state index in [2.05, 4.69) is 24.2 Å². The van der Waals surface area contributed by atoms with Crippen molar-refractivity contribution in [2.75, 3.05) is 0 Å². The first-order valence-corrected chi connectivity index (χ1v) is 7.26. The molecular formula is C15H21N3O2. The highest BCUT2D eigenvalue weighted by Gasteiger charge is 2.18. The second-order valence-corrected chi connectivity index (χ2v) is 5.10. The molecule has 0 spiro atoms. The maximum Gasteiger partial charge on any atom is 0.338 e. The van der Waals surface area contributed by atoms with Crippen LogP contribution in [0.25, 0.3) is 11.0 Å². The van der Waals surface area contributed by atoms with Crippen LogP contribution < -0.4 is 0 Å². The number of carbonyl (C=O) groups is 1. The molecule has 1 atom stereocenters. The topological polar surface area (TPSA) is 68.0 Å². The first-order valence-electron chi connectivity index (χ1n) is 7.26.